The lowest BCUT2D eigenvalue weighted by molar-refractivity contribution is -0.136. The largest absolute Gasteiger partial charge is 0.448 e. The van der Waals surface area contributed by atoms with Crippen LogP contribution in [0.5, 0.6) is 0 Å². The fraction of sp³-hybridized carbons (Fsp3) is 0.290. The number of rotatable bonds is 3. The number of morpholine rings is 1. The molecule has 2 unspecified atom stereocenters. The van der Waals surface area contributed by atoms with Crippen LogP contribution in [0.25, 0.3) is 21.9 Å². The Balaban J connectivity index is 1.11. The van der Waals surface area contributed by atoms with Crippen molar-refractivity contribution in [2.75, 3.05) is 19.8 Å². The third-order valence-corrected chi connectivity index (χ3v) is 8.28. The van der Waals surface area contributed by atoms with E-state index < -0.39 is 5.60 Å². The van der Waals surface area contributed by atoms with Gasteiger partial charge in [0.1, 0.15) is 6.61 Å². The summed E-state index contributed by atoms with van der Waals surface area (Å²) in [6, 6.07) is 24.2. The van der Waals surface area contributed by atoms with Crippen molar-refractivity contribution in [3.63, 3.8) is 0 Å². The number of ether oxygens (including phenoxy) is 2. The SMILES string of the molecule is O=C(OCC1c2ccccc2-c2ccccc21)N1C2COCC1CC(O)(c1ccc3cnccc3c1)C2. The van der Waals surface area contributed by atoms with E-state index in [0.29, 0.717) is 26.1 Å². The molecule has 7 rings (SSSR count). The molecule has 1 N–H and O–H groups in total. The molecule has 0 spiro atoms. The zero-order valence-electron chi connectivity index (χ0n) is 20.4. The topological polar surface area (TPSA) is 71.9 Å². The van der Waals surface area contributed by atoms with Crippen LogP contribution >= 0.6 is 0 Å². The van der Waals surface area contributed by atoms with Gasteiger partial charge in [-0.2, -0.15) is 0 Å². The molecule has 2 fully saturated rings. The Morgan fingerprint density at radius 2 is 1.62 bits per heavy atom. The zero-order chi connectivity index (χ0) is 25.0. The van der Waals surface area contributed by atoms with E-state index >= 15 is 0 Å². The zero-order valence-corrected chi connectivity index (χ0v) is 20.4. The maximum Gasteiger partial charge on any atom is 0.410 e. The number of amides is 1. The summed E-state index contributed by atoms with van der Waals surface area (Å²) >= 11 is 0. The highest BCUT2D eigenvalue weighted by Gasteiger charge is 2.49. The second kappa shape index (κ2) is 8.68. The number of hydrogen-bond acceptors (Lipinski definition) is 5. The van der Waals surface area contributed by atoms with Gasteiger partial charge < -0.3 is 14.6 Å². The average Bonchev–Trinajstić information content (AvgIpc) is 3.24. The maximum atomic E-state index is 13.5. The van der Waals surface area contributed by atoms with Crippen molar-refractivity contribution < 1.29 is 19.4 Å². The number of nitrogens with zero attached hydrogens (tertiary/aromatic N) is 2. The number of benzene rings is 3. The molecule has 2 aliphatic heterocycles. The van der Waals surface area contributed by atoms with E-state index in [-0.39, 0.29) is 30.7 Å². The summed E-state index contributed by atoms with van der Waals surface area (Å²) in [5.41, 5.74) is 4.64. The fourth-order valence-electron chi connectivity index (χ4n) is 6.55. The quantitative estimate of drug-likeness (QED) is 0.424. The third-order valence-electron chi connectivity index (χ3n) is 8.28. The Morgan fingerprint density at radius 3 is 2.32 bits per heavy atom. The van der Waals surface area contributed by atoms with Gasteiger partial charge in [0.05, 0.1) is 30.9 Å². The van der Waals surface area contributed by atoms with Gasteiger partial charge in [0.15, 0.2) is 0 Å². The number of carbonyl (C=O) groups is 1. The van der Waals surface area contributed by atoms with Crippen LogP contribution in [-0.4, -0.2) is 53.0 Å². The fourth-order valence-corrected chi connectivity index (χ4v) is 6.55. The number of aliphatic hydroxyl groups is 1. The van der Waals surface area contributed by atoms with Gasteiger partial charge in [0, 0.05) is 36.5 Å². The van der Waals surface area contributed by atoms with E-state index in [2.05, 4.69) is 29.2 Å². The molecular weight excluding hydrogens is 464 g/mol. The number of pyridine rings is 1. The van der Waals surface area contributed by atoms with Gasteiger partial charge in [0.25, 0.3) is 0 Å². The van der Waals surface area contributed by atoms with E-state index in [1.807, 2.05) is 59.6 Å². The average molecular weight is 493 g/mol. The Hall–Kier alpha value is -3.74. The van der Waals surface area contributed by atoms with Gasteiger partial charge in [-0.3, -0.25) is 9.88 Å². The van der Waals surface area contributed by atoms with E-state index in [1.54, 1.807) is 6.20 Å². The summed E-state index contributed by atoms with van der Waals surface area (Å²) in [4.78, 5) is 19.5. The predicted octanol–water partition coefficient (Wildman–Crippen LogP) is 5.23. The van der Waals surface area contributed by atoms with Crippen molar-refractivity contribution >= 4 is 16.9 Å². The minimum Gasteiger partial charge on any atom is -0.448 e. The molecular formula is C31H28N2O4. The summed E-state index contributed by atoms with van der Waals surface area (Å²) < 4.78 is 11.8. The van der Waals surface area contributed by atoms with Crippen LogP contribution in [0.1, 0.15) is 35.4 Å². The molecule has 6 heteroatoms. The van der Waals surface area contributed by atoms with E-state index in [9.17, 15) is 9.90 Å². The molecule has 0 saturated carbocycles. The van der Waals surface area contributed by atoms with Crippen LogP contribution in [0.2, 0.25) is 0 Å². The second-order valence-electron chi connectivity index (χ2n) is 10.4. The Labute approximate surface area is 215 Å². The van der Waals surface area contributed by atoms with Crippen molar-refractivity contribution in [1.82, 2.24) is 9.88 Å². The Kier molecular flexibility index (Phi) is 5.27. The Bertz CT molecular complexity index is 1440. The maximum absolute atomic E-state index is 13.5. The van der Waals surface area contributed by atoms with Crippen molar-refractivity contribution in [2.45, 2.75) is 36.4 Å². The van der Waals surface area contributed by atoms with Gasteiger partial charge in [-0.05, 0) is 45.3 Å². The molecule has 6 nitrogen and oxygen atoms in total. The lowest BCUT2D eigenvalue weighted by Gasteiger charge is -2.51. The highest BCUT2D eigenvalue weighted by Crippen LogP contribution is 2.45. The van der Waals surface area contributed by atoms with Gasteiger partial charge in [-0.25, -0.2) is 4.79 Å². The first-order valence-electron chi connectivity index (χ1n) is 12.9. The number of piperidine rings is 1. The second-order valence-corrected chi connectivity index (χ2v) is 10.4. The van der Waals surface area contributed by atoms with Crippen LogP contribution in [0.3, 0.4) is 0 Å². The van der Waals surface area contributed by atoms with Gasteiger partial charge >= 0.3 is 6.09 Å². The van der Waals surface area contributed by atoms with Gasteiger partial charge in [0.2, 0.25) is 0 Å². The molecule has 4 aromatic rings. The summed E-state index contributed by atoms with van der Waals surface area (Å²) in [5, 5.41) is 13.9. The number of hydrogen-bond donors (Lipinski definition) is 1. The summed E-state index contributed by atoms with van der Waals surface area (Å²) in [7, 11) is 0. The smallest absolute Gasteiger partial charge is 0.410 e. The highest BCUT2D eigenvalue weighted by molar-refractivity contribution is 5.82. The predicted molar refractivity (Wildman–Crippen MR) is 140 cm³/mol. The van der Waals surface area contributed by atoms with Crippen LogP contribution < -0.4 is 0 Å². The molecule has 3 aliphatic rings. The standard InChI is InChI=1S/C31H28N2O4/c34-30(37-19-29-27-7-3-1-5-25(27)26-6-2-4-8-28(26)29)33-23-14-31(35,15-24(33)18-36-17-23)22-10-9-21-16-32-12-11-20(21)13-22/h1-13,16,23-24,29,35H,14-15,17-19H2. The molecule has 1 aromatic heterocycles. The number of aromatic nitrogens is 1. The molecule has 2 saturated heterocycles. The molecule has 3 heterocycles. The lowest BCUT2D eigenvalue weighted by Crippen LogP contribution is -2.62. The third kappa shape index (κ3) is 3.71. The normalized spacial score (nSPS) is 24.5. The summed E-state index contributed by atoms with van der Waals surface area (Å²) in [5.74, 6) is 0.0150. The number of fused-ring (bicyclic) bond motifs is 6. The van der Waals surface area contributed by atoms with Gasteiger partial charge in [-0.15, -0.1) is 0 Å². The minimum atomic E-state index is -1.03. The van der Waals surface area contributed by atoms with E-state index in [0.717, 1.165) is 16.3 Å². The van der Waals surface area contributed by atoms with Crippen LogP contribution in [0.15, 0.2) is 85.2 Å². The van der Waals surface area contributed by atoms with Crippen molar-refractivity contribution in [1.29, 1.82) is 0 Å². The highest BCUT2D eigenvalue weighted by atomic mass is 16.6. The van der Waals surface area contributed by atoms with Crippen molar-refractivity contribution in [3.8, 4) is 11.1 Å². The molecule has 1 amide bonds. The molecule has 186 valence electrons. The number of carbonyl (C=O) groups excluding carboxylic acids is 1. The van der Waals surface area contributed by atoms with Crippen molar-refractivity contribution in [3.05, 3.63) is 102 Å². The first-order chi connectivity index (χ1) is 18.1. The first kappa shape index (κ1) is 22.5. The molecule has 37 heavy (non-hydrogen) atoms. The lowest BCUT2D eigenvalue weighted by atomic mass is 9.76. The van der Waals surface area contributed by atoms with Crippen LogP contribution in [0, 0.1) is 0 Å². The summed E-state index contributed by atoms with van der Waals surface area (Å²) in [6.45, 7) is 1.06. The molecule has 3 aromatic carbocycles. The summed E-state index contributed by atoms with van der Waals surface area (Å²) in [6.07, 6.45) is 4.07. The van der Waals surface area contributed by atoms with E-state index in [4.69, 9.17) is 9.47 Å². The molecule has 2 bridgehead atoms. The van der Waals surface area contributed by atoms with Gasteiger partial charge in [-0.1, -0.05) is 60.7 Å². The van der Waals surface area contributed by atoms with Crippen LogP contribution in [-0.2, 0) is 15.1 Å². The molecule has 0 radical (unpaired) electrons. The minimum absolute atomic E-state index is 0.0150. The monoisotopic (exact) mass is 492 g/mol. The Morgan fingerprint density at radius 1 is 0.946 bits per heavy atom. The van der Waals surface area contributed by atoms with Crippen molar-refractivity contribution in [2.24, 2.45) is 0 Å². The van der Waals surface area contributed by atoms with E-state index in [1.165, 1.54) is 22.3 Å². The molecule has 1 aliphatic carbocycles. The molecule has 2 atom stereocenters. The van der Waals surface area contributed by atoms with Crippen LogP contribution in [0.4, 0.5) is 4.79 Å². The first-order valence-corrected chi connectivity index (χ1v) is 12.9.